The Morgan fingerprint density at radius 3 is 2.76 bits per heavy atom. The number of likely N-dealkylation sites (tertiary alicyclic amines) is 1. The third kappa shape index (κ3) is 7.56. The number of fused-ring (bicyclic) bond motifs is 1. The predicted molar refractivity (Wildman–Crippen MR) is 169 cm³/mol. The van der Waals surface area contributed by atoms with Crippen molar-refractivity contribution in [1.29, 1.82) is 0 Å². The van der Waals surface area contributed by atoms with Crippen molar-refractivity contribution < 1.29 is 29.0 Å². The second-order valence-electron chi connectivity index (χ2n) is 11.8. The monoisotopic (exact) mass is 637 g/mol. The van der Waals surface area contributed by atoms with Crippen LogP contribution in [0.3, 0.4) is 0 Å². The fourth-order valence-electron chi connectivity index (χ4n) is 6.07. The van der Waals surface area contributed by atoms with Gasteiger partial charge in [-0.1, -0.05) is 34.7 Å². The van der Waals surface area contributed by atoms with Crippen LogP contribution in [0.4, 0.5) is 0 Å². The minimum Gasteiger partial charge on any atom is -0.506 e. The number of aliphatic hydroxyl groups excluding tert-OH is 1. The zero-order valence-corrected chi connectivity index (χ0v) is 26.1. The lowest BCUT2D eigenvalue weighted by atomic mass is 9.89. The van der Waals surface area contributed by atoms with Gasteiger partial charge in [0.25, 0.3) is 0 Å². The summed E-state index contributed by atoms with van der Waals surface area (Å²) in [4.78, 5) is 31.2. The van der Waals surface area contributed by atoms with Crippen LogP contribution in [-0.4, -0.2) is 94.1 Å². The van der Waals surface area contributed by atoms with Gasteiger partial charge in [0, 0.05) is 57.4 Å². The van der Waals surface area contributed by atoms with E-state index in [4.69, 9.17) is 14.0 Å². The Morgan fingerprint density at radius 2 is 2.00 bits per heavy atom. The maximum absolute atomic E-state index is 12.9. The van der Waals surface area contributed by atoms with Gasteiger partial charge in [-0.25, -0.2) is 0 Å². The molecule has 2 aromatic heterocycles. The quantitative estimate of drug-likeness (QED) is 0.193. The number of amides is 1. The van der Waals surface area contributed by atoms with Gasteiger partial charge in [-0.15, -0.1) is 0 Å². The number of morpholine rings is 1. The van der Waals surface area contributed by atoms with Gasteiger partial charge in [0.2, 0.25) is 5.91 Å². The number of aromatic hydroxyl groups is 1. The molecule has 12 nitrogen and oxygen atoms in total. The number of benzene rings is 2. The topological polar surface area (TPSA) is 153 Å². The van der Waals surface area contributed by atoms with Crippen LogP contribution < -0.4 is 14.9 Å². The summed E-state index contributed by atoms with van der Waals surface area (Å²) in [7, 11) is 0. The lowest BCUT2D eigenvalue weighted by Gasteiger charge is -2.47. The second kappa shape index (κ2) is 13.7. The van der Waals surface area contributed by atoms with Crippen molar-refractivity contribution in [3.63, 3.8) is 0 Å². The highest BCUT2D eigenvalue weighted by molar-refractivity contribution is 7.16. The molecule has 0 saturated carbocycles. The van der Waals surface area contributed by atoms with Crippen LogP contribution in [0.25, 0.3) is 10.2 Å². The van der Waals surface area contributed by atoms with Crippen molar-refractivity contribution >= 4 is 27.5 Å². The summed E-state index contributed by atoms with van der Waals surface area (Å²) in [6, 6.07) is 12.8. The summed E-state index contributed by atoms with van der Waals surface area (Å²) in [5, 5.41) is 27.8. The molecule has 4 heterocycles. The smallest absolute Gasteiger partial charge is 0.305 e. The maximum atomic E-state index is 12.9. The average molecular weight is 638 g/mol. The molecule has 1 amide bonds. The number of hydrogen-bond acceptors (Lipinski definition) is 11. The van der Waals surface area contributed by atoms with Crippen LogP contribution in [0, 0.1) is 6.92 Å². The molecule has 2 aliphatic heterocycles. The van der Waals surface area contributed by atoms with E-state index in [2.05, 4.69) is 20.4 Å². The predicted octanol–water partition coefficient (Wildman–Crippen LogP) is 2.73. The number of hydrogen-bond donors (Lipinski definition) is 4. The number of aryl methyl sites for hydroxylation is 1. The number of phenolic OH excluding ortho intramolecular Hbond substituents is 1. The summed E-state index contributed by atoms with van der Waals surface area (Å²) in [6.07, 6.45) is 1.15. The van der Waals surface area contributed by atoms with E-state index in [0.29, 0.717) is 60.9 Å². The Kier molecular flexibility index (Phi) is 9.52. The zero-order chi connectivity index (χ0) is 31.4. The number of aliphatic hydroxyl groups is 1. The van der Waals surface area contributed by atoms with Crippen LogP contribution in [0.1, 0.15) is 41.5 Å². The largest absolute Gasteiger partial charge is 0.506 e. The van der Waals surface area contributed by atoms with Crippen molar-refractivity contribution in [2.45, 2.75) is 44.4 Å². The maximum Gasteiger partial charge on any atom is 0.305 e. The zero-order valence-electron chi connectivity index (χ0n) is 25.3. The molecule has 4 N–H and O–H groups in total. The number of piperidine rings is 1. The molecule has 1 unspecified atom stereocenters. The number of thiazole rings is 1. The van der Waals surface area contributed by atoms with Crippen molar-refractivity contribution in [2.24, 2.45) is 0 Å². The molecular formula is C32H39N5O7S. The summed E-state index contributed by atoms with van der Waals surface area (Å²) in [5.74, 6) is 1.44. The van der Waals surface area contributed by atoms with E-state index in [1.165, 1.54) is 6.07 Å². The lowest BCUT2D eigenvalue weighted by Crippen LogP contribution is -2.58. The van der Waals surface area contributed by atoms with Gasteiger partial charge in [-0.05, 0) is 43.5 Å². The Hall–Kier alpha value is -3.75. The Bertz CT molecular complexity index is 1660. The molecule has 0 bridgehead atoms. The number of nitrogens with one attached hydrogen (secondary N) is 2. The minimum absolute atomic E-state index is 0.00945. The highest BCUT2D eigenvalue weighted by atomic mass is 32.1. The van der Waals surface area contributed by atoms with Gasteiger partial charge < -0.3 is 39.4 Å². The number of aromatic nitrogens is 2. The molecule has 1 spiro atoms. The van der Waals surface area contributed by atoms with Crippen LogP contribution in [0.5, 0.6) is 11.5 Å². The highest BCUT2D eigenvalue weighted by Crippen LogP contribution is 2.32. The first kappa shape index (κ1) is 31.2. The fourth-order valence-corrected chi connectivity index (χ4v) is 6.98. The van der Waals surface area contributed by atoms with Gasteiger partial charge >= 0.3 is 4.87 Å². The molecule has 0 radical (unpaired) electrons. The minimum atomic E-state index is -0.826. The Morgan fingerprint density at radius 1 is 1.20 bits per heavy atom. The second-order valence-corrected chi connectivity index (χ2v) is 12.8. The van der Waals surface area contributed by atoms with Gasteiger partial charge in [-0.3, -0.25) is 14.5 Å². The van der Waals surface area contributed by atoms with Crippen LogP contribution in [0.2, 0.25) is 0 Å². The molecule has 13 heteroatoms. The molecule has 6 rings (SSSR count). The number of rotatable bonds is 11. The molecule has 2 aliphatic rings. The van der Waals surface area contributed by atoms with Crippen molar-refractivity contribution in [1.82, 2.24) is 25.3 Å². The first-order valence-corrected chi connectivity index (χ1v) is 16.1. The van der Waals surface area contributed by atoms with E-state index in [0.717, 1.165) is 60.8 Å². The fraction of sp³-hybridized carbons (Fsp3) is 0.469. The number of ether oxygens (including phenoxy) is 2. The van der Waals surface area contributed by atoms with E-state index >= 15 is 0 Å². The van der Waals surface area contributed by atoms with Crippen LogP contribution in [-0.2, 0) is 22.5 Å². The Balaban J connectivity index is 0.899. The molecule has 4 aromatic rings. The number of nitrogens with zero attached hydrogens (tertiary/aromatic N) is 3. The third-order valence-corrected chi connectivity index (χ3v) is 9.52. The number of carbonyl (C=O) groups excluding carboxylic acids is 1. The Labute approximate surface area is 264 Å². The summed E-state index contributed by atoms with van der Waals surface area (Å²) >= 11 is 0.976. The number of phenols is 1. The van der Waals surface area contributed by atoms with Gasteiger partial charge in [0.15, 0.2) is 0 Å². The van der Waals surface area contributed by atoms with Crippen molar-refractivity contribution in [3.05, 3.63) is 74.7 Å². The third-order valence-electron chi connectivity index (χ3n) is 8.58. The van der Waals surface area contributed by atoms with Crippen molar-refractivity contribution in [2.75, 3.05) is 52.5 Å². The number of H-pyrrole nitrogens is 1. The molecule has 45 heavy (non-hydrogen) atoms. The number of carbonyl (C=O) groups is 1. The van der Waals surface area contributed by atoms with Crippen LogP contribution >= 0.6 is 11.3 Å². The molecule has 240 valence electrons. The van der Waals surface area contributed by atoms with Crippen molar-refractivity contribution in [3.8, 4) is 11.5 Å². The molecule has 2 aromatic carbocycles. The SMILES string of the molecule is Cc1cc(CC(=O)N2CCOC3(CCN(CCOc4ccc(CNCC(O)c5ccc(O)c6[nH]c(=O)sc56)cc4)CC3)C2)on1. The van der Waals surface area contributed by atoms with E-state index in [1.807, 2.05) is 42.2 Å². The van der Waals surface area contributed by atoms with Gasteiger partial charge in [0.1, 0.15) is 29.4 Å². The molecular weight excluding hydrogens is 598 g/mol. The molecule has 1 atom stereocenters. The standard InChI is InChI=1S/C32H39N5O7S/c1-21-16-24(44-35-21)17-28(40)37-13-15-43-32(20-37)8-10-36(11-9-32)12-14-42-23-4-2-22(3-5-23)18-33-19-27(39)25-6-7-26(38)29-30(25)45-31(41)34-29/h2-7,16,27,33,38-39H,8-15,17-20H2,1H3,(H,34,41). The van der Waals surface area contributed by atoms with E-state index in [9.17, 15) is 19.8 Å². The average Bonchev–Trinajstić information content (AvgIpc) is 3.64. The van der Waals surface area contributed by atoms with E-state index in [-0.39, 0.29) is 28.6 Å². The van der Waals surface area contributed by atoms with E-state index < -0.39 is 6.10 Å². The number of aromatic amines is 1. The summed E-state index contributed by atoms with van der Waals surface area (Å²) in [5.41, 5.74) is 2.49. The highest BCUT2D eigenvalue weighted by Gasteiger charge is 2.41. The normalized spacial score (nSPS) is 17.6. The first-order chi connectivity index (χ1) is 21.8. The van der Waals surface area contributed by atoms with Gasteiger partial charge in [0.05, 0.1) is 35.1 Å². The van der Waals surface area contributed by atoms with E-state index in [1.54, 1.807) is 6.07 Å². The van der Waals surface area contributed by atoms with Crippen LogP contribution in [0.15, 0.2) is 51.8 Å². The molecule has 0 aliphatic carbocycles. The molecule has 2 fully saturated rings. The summed E-state index contributed by atoms with van der Waals surface area (Å²) < 4.78 is 18.0. The molecule has 2 saturated heterocycles. The summed E-state index contributed by atoms with van der Waals surface area (Å²) in [6.45, 7) is 7.63. The first-order valence-electron chi connectivity index (χ1n) is 15.3. The van der Waals surface area contributed by atoms with Gasteiger partial charge in [-0.2, -0.15) is 0 Å². The lowest BCUT2D eigenvalue weighted by molar-refractivity contribution is -0.159.